The minimum atomic E-state index is -0.676. The van der Waals surface area contributed by atoms with E-state index in [1.54, 1.807) is 26.3 Å². The predicted octanol–water partition coefficient (Wildman–Crippen LogP) is 4.65. The summed E-state index contributed by atoms with van der Waals surface area (Å²) in [5, 5.41) is 11.3. The van der Waals surface area contributed by atoms with E-state index in [2.05, 4.69) is 27.7 Å². The van der Waals surface area contributed by atoms with Crippen LogP contribution in [0.4, 0.5) is 8.78 Å². The van der Waals surface area contributed by atoms with Crippen LogP contribution < -0.4 is 16.2 Å². The number of aldehydes is 1. The summed E-state index contributed by atoms with van der Waals surface area (Å²) in [7, 11) is 3.56. The summed E-state index contributed by atoms with van der Waals surface area (Å²) in [4.78, 5) is 27.5. The first-order valence-electron chi connectivity index (χ1n) is 13.4. The molecule has 1 amide bonds. The van der Waals surface area contributed by atoms with Crippen LogP contribution >= 0.6 is 0 Å². The number of hydrogen-bond acceptors (Lipinski definition) is 8. The average molecular weight is 582 g/mol. The fraction of sp³-hybridized carbons (Fsp3) is 0.433. The summed E-state index contributed by atoms with van der Waals surface area (Å²) in [6.07, 6.45) is 10.6. The molecule has 9 nitrogen and oxygen atoms in total. The summed E-state index contributed by atoms with van der Waals surface area (Å²) in [5.41, 5.74) is 5.96. The van der Waals surface area contributed by atoms with E-state index < -0.39 is 11.6 Å². The lowest BCUT2D eigenvalue weighted by Crippen LogP contribution is -2.27. The number of carbonyl (C=O) groups excluding carboxylic acids is 2. The van der Waals surface area contributed by atoms with Crippen LogP contribution in [0.3, 0.4) is 0 Å². The molecule has 0 aliphatic carbocycles. The third kappa shape index (κ3) is 27.7. The maximum Gasteiger partial charge on any atom is 0.248 e. The molecule has 0 radical (unpaired) electrons. The lowest BCUT2D eigenvalue weighted by Gasteiger charge is -2.13. The Morgan fingerprint density at radius 2 is 1.90 bits per heavy atom. The molecule has 232 valence electrons. The van der Waals surface area contributed by atoms with Crippen LogP contribution in [-0.2, 0) is 20.9 Å². The normalized spacial score (nSPS) is 11.1. The molecule has 0 heterocycles. The summed E-state index contributed by atoms with van der Waals surface area (Å²) in [6.45, 7) is 16.6. The number of carbonyl (C=O) groups is 2. The Balaban J connectivity index is -0.000000551. The van der Waals surface area contributed by atoms with Crippen molar-refractivity contribution in [1.82, 2.24) is 21.1 Å². The number of nitrogens with one attached hydrogen (secondary N) is 3. The number of hydrogen-bond donors (Lipinski definition) is 4. The number of amides is 1. The zero-order valence-electron chi connectivity index (χ0n) is 25.5. The highest BCUT2D eigenvalue weighted by Crippen LogP contribution is 2.09. The molecule has 1 aromatic carbocycles. The van der Waals surface area contributed by atoms with Crippen molar-refractivity contribution in [2.45, 2.75) is 41.2 Å². The number of hydrazine groups is 1. The van der Waals surface area contributed by atoms with Crippen molar-refractivity contribution in [1.29, 1.82) is 0 Å². The summed E-state index contributed by atoms with van der Waals surface area (Å²) < 4.78 is 31.1. The molecular formula is C30H49F2N5O4. The van der Waals surface area contributed by atoms with Crippen molar-refractivity contribution < 1.29 is 28.2 Å². The number of nitrogens with zero attached hydrogens (tertiary/aromatic N) is 2. The number of halogens is 2. The van der Waals surface area contributed by atoms with Crippen LogP contribution in [-0.4, -0.2) is 75.4 Å². The van der Waals surface area contributed by atoms with Gasteiger partial charge in [-0.15, -0.1) is 0 Å². The number of aliphatic imine (C=N–C) groups is 1. The van der Waals surface area contributed by atoms with Crippen LogP contribution in [0.1, 0.15) is 40.2 Å². The van der Waals surface area contributed by atoms with Gasteiger partial charge in [-0.3, -0.25) is 14.6 Å². The van der Waals surface area contributed by atoms with Crippen molar-refractivity contribution in [2.24, 2.45) is 4.99 Å². The van der Waals surface area contributed by atoms with Crippen LogP contribution in [0, 0.1) is 11.6 Å². The molecule has 0 saturated heterocycles. The molecule has 0 aliphatic heterocycles. The van der Waals surface area contributed by atoms with Gasteiger partial charge in [0.15, 0.2) is 12.0 Å². The quantitative estimate of drug-likeness (QED) is 0.0453. The fourth-order valence-electron chi connectivity index (χ4n) is 2.27. The van der Waals surface area contributed by atoms with Gasteiger partial charge < -0.3 is 25.5 Å². The molecule has 41 heavy (non-hydrogen) atoms. The Kier molecular flexibility index (Phi) is 31.5. The highest BCUT2D eigenvalue weighted by molar-refractivity contribution is 5.92. The van der Waals surface area contributed by atoms with Crippen molar-refractivity contribution in [3.8, 4) is 0 Å². The average Bonchev–Trinajstić information content (AvgIpc) is 2.98. The molecule has 0 bridgehead atoms. The molecule has 0 aromatic heterocycles. The van der Waals surface area contributed by atoms with Crippen LogP contribution in [0.15, 0.2) is 71.6 Å². The number of ether oxygens (including phenoxy) is 1. The van der Waals surface area contributed by atoms with Gasteiger partial charge in [0.1, 0.15) is 11.6 Å². The second-order valence-electron chi connectivity index (χ2n) is 7.61. The van der Waals surface area contributed by atoms with E-state index in [0.29, 0.717) is 31.6 Å². The molecule has 1 rings (SSSR count). The van der Waals surface area contributed by atoms with Gasteiger partial charge in [-0.05, 0) is 46.0 Å². The van der Waals surface area contributed by atoms with E-state index in [0.717, 1.165) is 25.2 Å². The maximum absolute atomic E-state index is 13.3. The van der Waals surface area contributed by atoms with Crippen molar-refractivity contribution in [2.75, 3.05) is 46.9 Å². The third-order valence-electron chi connectivity index (χ3n) is 4.42. The Morgan fingerprint density at radius 3 is 2.44 bits per heavy atom. The molecule has 0 fully saturated rings. The van der Waals surface area contributed by atoms with Crippen LogP contribution in [0.25, 0.3) is 0 Å². The second-order valence-corrected chi connectivity index (χ2v) is 7.61. The van der Waals surface area contributed by atoms with E-state index in [4.69, 9.17) is 9.84 Å². The first kappa shape index (κ1) is 41.8. The SMILES string of the molecule is C=C/C=C\C=NCC.CC.CCOCCN(C)C/C=C(\O)C=O.CNN/C=C(\C)C(=O)NCc1ccc(F)cc1F. The van der Waals surface area contributed by atoms with Gasteiger partial charge in [-0.1, -0.05) is 38.6 Å². The number of aliphatic hydroxyl groups is 1. The molecule has 0 unspecified atom stereocenters. The molecule has 4 N–H and O–H groups in total. The molecule has 11 heteroatoms. The first-order chi connectivity index (χ1) is 19.7. The zero-order valence-corrected chi connectivity index (χ0v) is 25.5. The summed E-state index contributed by atoms with van der Waals surface area (Å²) in [5.74, 6) is -1.87. The monoisotopic (exact) mass is 581 g/mol. The Morgan fingerprint density at radius 1 is 1.22 bits per heavy atom. The largest absolute Gasteiger partial charge is 0.505 e. The standard InChI is InChI=1S/C12H15F2N3O.C9H17NO3.C7H11N.C2H6/c1-8(6-17-15-2)12(18)16-7-9-3-4-10(13)5-11(9)14;1-3-13-7-6-10(2)5-4-9(12)8-11;1-3-5-6-7-8-4-2;1-2/h3-6,15,17H,7H2,1-2H3,(H,16,18);4,8,12H,3,5-7H2,1-2H3;3,5-7H,1,4H2,2H3;1-2H3/b8-6+;9-4-;6-5-,8-7?;. The van der Waals surface area contributed by atoms with Gasteiger partial charge in [-0.25, -0.2) is 14.2 Å². The number of likely N-dealkylation sites (N-methyl/N-ethyl adjacent to an activating group) is 1. The Bertz CT molecular complexity index is 951. The molecule has 0 spiro atoms. The van der Waals surface area contributed by atoms with Gasteiger partial charge in [-0.2, -0.15) is 0 Å². The van der Waals surface area contributed by atoms with Crippen LogP contribution in [0.5, 0.6) is 0 Å². The highest BCUT2D eigenvalue weighted by atomic mass is 19.1. The van der Waals surface area contributed by atoms with E-state index in [1.165, 1.54) is 18.3 Å². The molecular weight excluding hydrogens is 532 g/mol. The van der Waals surface area contributed by atoms with E-state index in [9.17, 15) is 18.4 Å². The zero-order chi connectivity index (χ0) is 31.9. The van der Waals surface area contributed by atoms with Crippen molar-refractivity contribution in [3.05, 3.63) is 83.8 Å². The van der Waals surface area contributed by atoms with Gasteiger partial charge in [0.05, 0.1) is 6.61 Å². The van der Waals surface area contributed by atoms with Crippen LogP contribution in [0.2, 0.25) is 0 Å². The molecule has 0 aliphatic rings. The summed E-state index contributed by atoms with van der Waals surface area (Å²) in [6, 6.07) is 3.23. The van der Waals surface area contributed by atoms with E-state index in [1.807, 2.05) is 51.8 Å². The van der Waals surface area contributed by atoms with Gasteiger partial charge in [0.2, 0.25) is 5.91 Å². The van der Waals surface area contributed by atoms with E-state index in [-0.39, 0.29) is 23.8 Å². The smallest absolute Gasteiger partial charge is 0.248 e. The minimum absolute atomic E-state index is 0.00960. The number of benzene rings is 1. The lowest BCUT2D eigenvalue weighted by molar-refractivity contribution is -0.117. The minimum Gasteiger partial charge on any atom is -0.505 e. The predicted molar refractivity (Wildman–Crippen MR) is 165 cm³/mol. The topological polar surface area (TPSA) is 115 Å². The van der Waals surface area contributed by atoms with Crippen molar-refractivity contribution >= 4 is 18.4 Å². The second kappa shape index (κ2) is 30.9. The number of allylic oxidation sites excluding steroid dienone is 4. The van der Waals surface area contributed by atoms with Gasteiger partial charge in [0, 0.05) is 69.5 Å². The molecule has 1 aromatic rings. The lowest BCUT2D eigenvalue weighted by atomic mass is 10.2. The maximum atomic E-state index is 13.3. The molecule has 0 saturated carbocycles. The van der Waals surface area contributed by atoms with Crippen molar-refractivity contribution in [3.63, 3.8) is 0 Å². The molecule has 0 atom stereocenters. The van der Waals surface area contributed by atoms with Gasteiger partial charge >= 0.3 is 0 Å². The first-order valence-corrected chi connectivity index (χ1v) is 13.4. The summed E-state index contributed by atoms with van der Waals surface area (Å²) >= 11 is 0. The fourth-order valence-corrected chi connectivity index (χ4v) is 2.27. The van der Waals surface area contributed by atoms with Gasteiger partial charge in [0.25, 0.3) is 0 Å². The highest BCUT2D eigenvalue weighted by Gasteiger charge is 2.07. The van der Waals surface area contributed by atoms with E-state index >= 15 is 0 Å². The Hall–Kier alpha value is -3.67. The Labute approximate surface area is 244 Å². The number of rotatable bonds is 15. The number of aliphatic hydroxyl groups excluding tert-OH is 1. The third-order valence-corrected chi connectivity index (χ3v) is 4.42.